The number of H-pyrrole nitrogens is 1. The molecule has 0 aliphatic rings. The molecule has 0 spiro atoms. The number of hydrogen-bond acceptors (Lipinski definition) is 9. The number of nitrogens with one attached hydrogen (secondary N) is 2. The number of nitro groups is 1. The number of halogens is 1. The fraction of sp³-hybridized carbons (Fsp3) is 0.115. The SMILES string of the molecule is COc1cc(F)c([N+](=O)[O-])cc1Nc1nccc(-n2c(=O)[nH]c3cc(C)ccc32)n1.Cc1ccc(S(=O)(=O)O)cc1. The standard InChI is InChI=1S/C19H15FN6O4.C7H8O3S/c1-10-3-4-14-12(7-10)23-19(27)25(14)17-5-6-21-18(24-17)22-13-9-15(26(28)29)11(20)8-16(13)30-2;1-6-2-4-7(5-3-6)11(8,9)10/h3-9H,1-2H3,(H,23,27)(H,21,22,24);2-5H,1H3,(H,8,9,10). The molecule has 0 saturated heterocycles. The second-order valence-electron chi connectivity index (χ2n) is 8.70. The second-order valence-corrected chi connectivity index (χ2v) is 10.1. The topological polar surface area (TPSA) is 182 Å². The first-order chi connectivity index (χ1) is 19.4. The van der Waals surface area contributed by atoms with Crippen LogP contribution in [0.15, 0.2) is 76.6 Å². The average molecular weight is 583 g/mol. The van der Waals surface area contributed by atoms with Crippen LogP contribution in [-0.4, -0.2) is 44.5 Å². The Balaban J connectivity index is 0.000000296. The molecule has 0 amide bonds. The Morgan fingerprint density at radius 3 is 2.39 bits per heavy atom. The van der Waals surface area contributed by atoms with Crippen molar-refractivity contribution in [1.29, 1.82) is 0 Å². The van der Waals surface area contributed by atoms with Gasteiger partial charge in [-0.3, -0.25) is 14.7 Å². The number of benzene rings is 3. The van der Waals surface area contributed by atoms with Gasteiger partial charge in [0.15, 0.2) is 0 Å². The number of methoxy groups -OCH3 is 1. The number of nitro benzene ring substituents is 1. The van der Waals surface area contributed by atoms with Gasteiger partial charge in [0, 0.05) is 24.4 Å². The molecule has 13 nitrogen and oxygen atoms in total. The fourth-order valence-corrected chi connectivity index (χ4v) is 4.25. The van der Waals surface area contributed by atoms with Crippen LogP contribution in [-0.2, 0) is 10.1 Å². The third kappa shape index (κ3) is 6.54. The van der Waals surface area contributed by atoms with Crippen LogP contribution in [0.1, 0.15) is 11.1 Å². The first-order valence-electron chi connectivity index (χ1n) is 11.8. The molecule has 41 heavy (non-hydrogen) atoms. The number of hydrogen-bond donors (Lipinski definition) is 3. The Kier molecular flexibility index (Phi) is 8.11. The van der Waals surface area contributed by atoms with E-state index in [4.69, 9.17) is 9.29 Å². The minimum Gasteiger partial charge on any atom is -0.494 e. The predicted octanol–water partition coefficient (Wildman–Crippen LogP) is 4.46. The Hall–Kier alpha value is -5.15. The van der Waals surface area contributed by atoms with E-state index in [2.05, 4.69) is 20.3 Å². The fourth-order valence-electron chi connectivity index (χ4n) is 3.77. The molecule has 0 atom stereocenters. The molecular formula is C26H23FN6O7S. The van der Waals surface area contributed by atoms with Crippen molar-refractivity contribution in [2.24, 2.45) is 0 Å². The maximum absolute atomic E-state index is 13.9. The highest BCUT2D eigenvalue weighted by molar-refractivity contribution is 7.85. The number of ether oxygens (including phenoxy) is 1. The minimum absolute atomic E-state index is 0.0341. The zero-order valence-corrected chi connectivity index (χ0v) is 22.6. The Labute approximate surface area is 232 Å². The van der Waals surface area contributed by atoms with Gasteiger partial charge in [0.25, 0.3) is 10.1 Å². The largest absolute Gasteiger partial charge is 0.494 e. The highest BCUT2D eigenvalue weighted by atomic mass is 32.2. The summed E-state index contributed by atoms with van der Waals surface area (Å²) < 4.78 is 49.9. The van der Waals surface area contributed by atoms with Crippen LogP contribution in [0.2, 0.25) is 0 Å². The molecular weight excluding hydrogens is 559 g/mol. The quantitative estimate of drug-likeness (QED) is 0.147. The molecule has 0 radical (unpaired) electrons. The third-order valence-corrected chi connectivity index (χ3v) is 6.61. The zero-order chi connectivity index (χ0) is 29.9. The van der Waals surface area contributed by atoms with Crippen LogP contribution in [0.4, 0.5) is 21.7 Å². The Bertz CT molecular complexity index is 1920. The highest BCUT2D eigenvalue weighted by Crippen LogP contribution is 2.33. The van der Waals surface area contributed by atoms with E-state index < -0.39 is 26.5 Å². The van der Waals surface area contributed by atoms with Crippen LogP contribution in [0, 0.1) is 29.8 Å². The molecule has 0 fully saturated rings. The summed E-state index contributed by atoms with van der Waals surface area (Å²) in [4.78, 5) is 33.8. The predicted molar refractivity (Wildman–Crippen MR) is 148 cm³/mol. The highest BCUT2D eigenvalue weighted by Gasteiger charge is 2.20. The van der Waals surface area contributed by atoms with Crippen molar-refractivity contribution in [2.75, 3.05) is 12.4 Å². The van der Waals surface area contributed by atoms with E-state index in [0.29, 0.717) is 11.0 Å². The van der Waals surface area contributed by atoms with Gasteiger partial charge in [-0.2, -0.15) is 17.8 Å². The second kappa shape index (κ2) is 11.5. The van der Waals surface area contributed by atoms with Gasteiger partial charge in [0.05, 0.1) is 33.6 Å². The van der Waals surface area contributed by atoms with E-state index in [1.54, 1.807) is 24.3 Å². The van der Waals surface area contributed by atoms with Gasteiger partial charge in [-0.05, 0) is 43.7 Å². The molecule has 0 aliphatic carbocycles. The summed E-state index contributed by atoms with van der Waals surface area (Å²) in [6, 6.07) is 14.9. The summed E-state index contributed by atoms with van der Waals surface area (Å²) in [5, 5.41) is 13.8. The van der Waals surface area contributed by atoms with Crippen molar-refractivity contribution < 1.29 is 27.0 Å². The van der Waals surface area contributed by atoms with Crippen LogP contribution >= 0.6 is 0 Å². The Morgan fingerprint density at radius 1 is 1.07 bits per heavy atom. The van der Waals surface area contributed by atoms with Gasteiger partial charge in [-0.1, -0.05) is 23.8 Å². The summed E-state index contributed by atoms with van der Waals surface area (Å²) in [6.07, 6.45) is 1.43. The lowest BCUT2D eigenvalue weighted by molar-refractivity contribution is -0.387. The molecule has 15 heteroatoms. The summed E-state index contributed by atoms with van der Waals surface area (Å²) in [5.41, 5.74) is 2.23. The van der Waals surface area contributed by atoms with E-state index in [1.807, 2.05) is 26.0 Å². The monoisotopic (exact) mass is 582 g/mol. The van der Waals surface area contributed by atoms with Gasteiger partial charge in [0.1, 0.15) is 11.6 Å². The van der Waals surface area contributed by atoms with E-state index >= 15 is 0 Å². The molecule has 2 heterocycles. The number of imidazole rings is 1. The smallest absolute Gasteiger partial charge is 0.332 e. The number of anilines is 2. The van der Waals surface area contributed by atoms with Crippen molar-refractivity contribution in [1.82, 2.24) is 19.5 Å². The molecule has 0 unspecified atom stereocenters. The maximum Gasteiger partial charge on any atom is 0.332 e. The van der Waals surface area contributed by atoms with Crippen LogP contribution in [0.5, 0.6) is 5.75 Å². The van der Waals surface area contributed by atoms with Crippen LogP contribution < -0.4 is 15.7 Å². The van der Waals surface area contributed by atoms with E-state index in [9.17, 15) is 27.7 Å². The molecule has 0 saturated carbocycles. The van der Waals surface area contributed by atoms with Crippen molar-refractivity contribution in [3.05, 3.63) is 104 Å². The van der Waals surface area contributed by atoms with Crippen molar-refractivity contribution in [2.45, 2.75) is 18.7 Å². The first-order valence-corrected chi connectivity index (χ1v) is 13.2. The molecule has 0 aliphatic heterocycles. The van der Waals surface area contributed by atoms with Crippen molar-refractivity contribution in [3.63, 3.8) is 0 Å². The lowest BCUT2D eigenvalue weighted by Crippen LogP contribution is -2.16. The average Bonchev–Trinajstić information content (AvgIpc) is 3.24. The Morgan fingerprint density at radius 2 is 1.76 bits per heavy atom. The third-order valence-electron chi connectivity index (χ3n) is 5.74. The van der Waals surface area contributed by atoms with E-state index in [0.717, 1.165) is 23.3 Å². The molecule has 0 bridgehead atoms. The van der Waals surface area contributed by atoms with Crippen molar-refractivity contribution >= 4 is 38.5 Å². The van der Waals surface area contributed by atoms with Gasteiger partial charge in [-0.15, -0.1) is 0 Å². The first kappa shape index (κ1) is 28.8. The van der Waals surface area contributed by atoms with Gasteiger partial charge < -0.3 is 15.0 Å². The lowest BCUT2D eigenvalue weighted by atomic mass is 10.2. The van der Waals surface area contributed by atoms with Gasteiger partial charge in [0.2, 0.25) is 11.8 Å². The number of fused-ring (bicyclic) bond motifs is 1. The van der Waals surface area contributed by atoms with E-state index in [-0.39, 0.29) is 33.8 Å². The van der Waals surface area contributed by atoms with Gasteiger partial charge >= 0.3 is 11.4 Å². The molecule has 2 aromatic heterocycles. The summed E-state index contributed by atoms with van der Waals surface area (Å²) >= 11 is 0. The van der Waals surface area contributed by atoms with Gasteiger partial charge in [-0.25, -0.2) is 14.3 Å². The number of aryl methyl sites for hydroxylation is 2. The number of aromatic amines is 1. The molecule has 3 N–H and O–H groups in total. The number of rotatable bonds is 6. The zero-order valence-electron chi connectivity index (χ0n) is 21.8. The lowest BCUT2D eigenvalue weighted by Gasteiger charge is -2.11. The molecule has 5 aromatic rings. The maximum atomic E-state index is 13.9. The number of aromatic nitrogens is 4. The molecule has 5 rings (SSSR count). The summed E-state index contributed by atoms with van der Waals surface area (Å²) in [6.45, 7) is 3.75. The minimum atomic E-state index is -4.02. The van der Waals surface area contributed by atoms with Crippen LogP contribution in [0.25, 0.3) is 16.9 Å². The molecule has 3 aromatic carbocycles. The number of nitrogens with zero attached hydrogens (tertiary/aromatic N) is 4. The summed E-state index contributed by atoms with van der Waals surface area (Å²) in [7, 11) is -2.72. The molecule has 212 valence electrons. The summed E-state index contributed by atoms with van der Waals surface area (Å²) in [5.74, 6) is -0.673. The van der Waals surface area contributed by atoms with Crippen molar-refractivity contribution in [3.8, 4) is 11.6 Å². The van der Waals surface area contributed by atoms with E-state index in [1.165, 1.54) is 30.0 Å². The van der Waals surface area contributed by atoms with Crippen LogP contribution in [0.3, 0.4) is 0 Å². The normalized spacial score (nSPS) is 11.0.